The van der Waals surface area contributed by atoms with Crippen molar-refractivity contribution in [2.75, 3.05) is 5.73 Å². The summed E-state index contributed by atoms with van der Waals surface area (Å²) in [5.41, 5.74) is 5.64. The molecule has 5 nitrogen and oxygen atoms in total. The first-order chi connectivity index (χ1) is 9.22. The highest BCUT2D eigenvalue weighted by Crippen LogP contribution is 2.30. The molecule has 112 valence electrons. The fourth-order valence-corrected chi connectivity index (χ4v) is 3.36. The Morgan fingerprint density at radius 1 is 1.25 bits per heavy atom. The molecule has 0 aliphatic rings. The number of nitrogens with two attached hydrogens (primary N) is 1. The van der Waals surface area contributed by atoms with Crippen LogP contribution in [0.4, 0.5) is 5.69 Å². The summed E-state index contributed by atoms with van der Waals surface area (Å²) in [5.74, 6) is -0.899. The van der Waals surface area contributed by atoms with Gasteiger partial charge in [0, 0.05) is 5.92 Å². The van der Waals surface area contributed by atoms with Crippen LogP contribution in [-0.2, 0) is 14.8 Å². The van der Waals surface area contributed by atoms with Crippen molar-refractivity contribution in [1.29, 1.82) is 0 Å². The Kier molecular flexibility index (Phi) is 5.68. The normalized spacial score (nSPS) is 11.7. The average Bonchev–Trinajstić information content (AvgIpc) is 2.36. The van der Waals surface area contributed by atoms with Gasteiger partial charge in [-0.2, -0.15) is 0 Å². The summed E-state index contributed by atoms with van der Waals surface area (Å²) in [7, 11) is -4.01. The van der Waals surface area contributed by atoms with E-state index >= 15 is 0 Å². The van der Waals surface area contributed by atoms with Gasteiger partial charge in [0.1, 0.15) is 0 Å². The highest BCUT2D eigenvalue weighted by atomic mass is 35.5. The van der Waals surface area contributed by atoms with Crippen LogP contribution in [0.5, 0.6) is 0 Å². The Labute approximate surface area is 128 Å². The number of nitrogens with one attached hydrogen (secondary N) is 1. The van der Waals surface area contributed by atoms with Crippen molar-refractivity contribution < 1.29 is 13.2 Å². The standard InChI is InChI=1S/C12H16Cl2N2O3S/c1-3-7(4-2)12(17)16-20(18,19)8-5-9(13)11(15)10(14)6-8/h5-7H,3-4,15H2,1-2H3,(H,16,17). The number of anilines is 1. The van der Waals surface area contributed by atoms with E-state index in [0.717, 1.165) is 12.1 Å². The molecule has 1 rings (SSSR count). The molecule has 3 N–H and O–H groups in total. The number of amides is 1. The topological polar surface area (TPSA) is 89.3 Å². The first kappa shape index (κ1) is 17.1. The van der Waals surface area contributed by atoms with Gasteiger partial charge < -0.3 is 5.73 Å². The van der Waals surface area contributed by atoms with Gasteiger partial charge in [-0.25, -0.2) is 13.1 Å². The summed E-state index contributed by atoms with van der Waals surface area (Å²) >= 11 is 11.6. The number of sulfonamides is 1. The molecule has 1 amide bonds. The van der Waals surface area contributed by atoms with E-state index in [1.807, 2.05) is 18.6 Å². The quantitative estimate of drug-likeness (QED) is 0.807. The van der Waals surface area contributed by atoms with E-state index in [9.17, 15) is 13.2 Å². The number of carbonyl (C=O) groups is 1. The van der Waals surface area contributed by atoms with E-state index < -0.39 is 15.9 Å². The SMILES string of the molecule is CCC(CC)C(=O)NS(=O)(=O)c1cc(Cl)c(N)c(Cl)c1. The van der Waals surface area contributed by atoms with Gasteiger partial charge in [-0.05, 0) is 25.0 Å². The first-order valence-corrected chi connectivity index (χ1v) is 8.28. The lowest BCUT2D eigenvalue weighted by Crippen LogP contribution is -2.35. The second-order valence-electron chi connectivity index (χ2n) is 4.28. The van der Waals surface area contributed by atoms with Crippen LogP contribution in [0.1, 0.15) is 26.7 Å². The number of halogens is 2. The molecule has 0 bridgehead atoms. The van der Waals surface area contributed by atoms with Crippen LogP contribution in [0.15, 0.2) is 17.0 Å². The minimum Gasteiger partial charge on any atom is -0.396 e. The van der Waals surface area contributed by atoms with Crippen molar-refractivity contribution >= 4 is 44.8 Å². The summed E-state index contributed by atoms with van der Waals surface area (Å²) < 4.78 is 26.2. The molecule has 0 aliphatic heterocycles. The van der Waals surface area contributed by atoms with E-state index in [2.05, 4.69) is 0 Å². The number of benzene rings is 1. The molecule has 0 aliphatic carbocycles. The Morgan fingerprint density at radius 3 is 2.10 bits per heavy atom. The molecule has 1 aromatic rings. The fraction of sp³-hybridized carbons (Fsp3) is 0.417. The van der Waals surface area contributed by atoms with Crippen LogP contribution in [0.25, 0.3) is 0 Å². The summed E-state index contributed by atoms with van der Waals surface area (Å²) in [4.78, 5) is 11.7. The molecule has 0 radical (unpaired) electrons. The summed E-state index contributed by atoms with van der Waals surface area (Å²) in [6.07, 6.45) is 1.11. The smallest absolute Gasteiger partial charge is 0.264 e. The van der Waals surface area contributed by atoms with Crippen molar-refractivity contribution in [1.82, 2.24) is 4.72 Å². The Bertz CT molecular complexity index is 590. The zero-order valence-electron chi connectivity index (χ0n) is 11.1. The lowest BCUT2D eigenvalue weighted by Gasteiger charge is -2.14. The molecule has 0 saturated heterocycles. The molecule has 1 aromatic carbocycles. The van der Waals surface area contributed by atoms with E-state index in [1.54, 1.807) is 0 Å². The number of carbonyl (C=O) groups excluding carboxylic acids is 1. The Morgan fingerprint density at radius 2 is 1.70 bits per heavy atom. The third-order valence-corrected chi connectivity index (χ3v) is 4.91. The largest absolute Gasteiger partial charge is 0.396 e. The lowest BCUT2D eigenvalue weighted by molar-refractivity contribution is -0.123. The van der Waals surface area contributed by atoms with Gasteiger partial charge in [-0.1, -0.05) is 37.0 Å². The minimum absolute atomic E-state index is 0.0212. The van der Waals surface area contributed by atoms with Gasteiger partial charge in [0.2, 0.25) is 5.91 Å². The lowest BCUT2D eigenvalue weighted by atomic mass is 10.0. The van der Waals surface area contributed by atoms with Crippen LogP contribution < -0.4 is 10.5 Å². The Balaban J connectivity index is 3.09. The van der Waals surface area contributed by atoms with Gasteiger partial charge in [-0.3, -0.25) is 4.79 Å². The summed E-state index contributed by atoms with van der Waals surface area (Å²) in [6, 6.07) is 2.32. The van der Waals surface area contributed by atoms with Gasteiger partial charge >= 0.3 is 0 Å². The molecule has 20 heavy (non-hydrogen) atoms. The number of nitrogen functional groups attached to an aromatic ring is 1. The molecule has 0 fully saturated rings. The predicted octanol–water partition coefficient (Wildman–Crippen LogP) is 2.82. The zero-order chi connectivity index (χ0) is 15.5. The van der Waals surface area contributed by atoms with Crippen molar-refractivity contribution in [2.45, 2.75) is 31.6 Å². The van der Waals surface area contributed by atoms with Crippen LogP contribution in [-0.4, -0.2) is 14.3 Å². The second kappa shape index (κ2) is 6.65. The molecule has 0 saturated carbocycles. The van der Waals surface area contributed by atoms with Crippen molar-refractivity contribution in [3.8, 4) is 0 Å². The fourth-order valence-electron chi connectivity index (χ4n) is 1.65. The summed E-state index contributed by atoms with van der Waals surface area (Å²) in [5, 5.41) is 0.0423. The molecule has 0 spiro atoms. The highest BCUT2D eigenvalue weighted by Gasteiger charge is 2.23. The van der Waals surface area contributed by atoms with Crippen LogP contribution in [0.3, 0.4) is 0 Å². The predicted molar refractivity (Wildman–Crippen MR) is 80.3 cm³/mol. The third-order valence-electron chi connectivity index (χ3n) is 2.95. The number of hydrogen-bond donors (Lipinski definition) is 2. The molecule has 0 aromatic heterocycles. The van der Waals surface area contributed by atoms with Crippen LogP contribution in [0, 0.1) is 5.92 Å². The molecule has 0 unspecified atom stereocenters. The zero-order valence-corrected chi connectivity index (χ0v) is 13.4. The van der Waals surface area contributed by atoms with Crippen LogP contribution in [0.2, 0.25) is 10.0 Å². The van der Waals surface area contributed by atoms with Gasteiger partial charge in [0.05, 0.1) is 20.6 Å². The highest BCUT2D eigenvalue weighted by molar-refractivity contribution is 7.90. The van der Waals surface area contributed by atoms with Crippen molar-refractivity contribution in [3.63, 3.8) is 0 Å². The molecular formula is C12H16Cl2N2O3S. The molecule has 8 heteroatoms. The van der Waals surface area contributed by atoms with Crippen LogP contribution >= 0.6 is 23.2 Å². The first-order valence-electron chi connectivity index (χ1n) is 6.04. The van der Waals surface area contributed by atoms with Gasteiger partial charge in [-0.15, -0.1) is 0 Å². The maximum atomic E-state index is 12.1. The van der Waals surface area contributed by atoms with E-state index in [4.69, 9.17) is 28.9 Å². The number of hydrogen-bond acceptors (Lipinski definition) is 4. The summed E-state index contributed by atoms with van der Waals surface area (Å²) in [6.45, 7) is 3.63. The monoisotopic (exact) mass is 338 g/mol. The molecular weight excluding hydrogens is 323 g/mol. The minimum atomic E-state index is -4.01. The van der Waals surface area contributed by atoms with Crippen molar-refractivity contribution in [3.05, 3.63) is 22.2 Å². The number of rotatable bonds is 5. The maximum absolute atomic E-state index is 12.1. The van der Waals surface area contributed by atoms with Crippen molar-refractivity contribution in [2.24, 2.45) is 5.92 Å². The maximum Gasteiger partial charge on any atom is 0.264 e. The van der Waals surface area contributed by atoms with E-state index in [1.165, 1.54) is 0 Å². The molecule has 0 heterocycles. The van der Waals surface area contributed by atoms with Gasteiger partial charge in [0.25, 0.3) is 10.0 Å². The van der Waals surface area contributed by atoms with E-state index in [0.29, 0.717) is 12.8 Å². The third kappa shape index (κ3) is 3.77. The Hall–Kier alpha value is -0.980. The van der Waals surface area contributed by atoms with Gasteiger partial charge in [0.15, 0.2) is 0 Å². The molecule has 0 atom stereocenters. The second-order valence-corrected chi connectivity index (χ2v) is 6.78. The van der Waals surface area contributed by atoms with E-state index in [-0.39, 0.29) is 26.5 Å². The average molecular weight is 339 g/mol.